The lowest BCUT2D eigenvalue weighted by Gasteiger charge is -2.17. The summed E-state index contributed by atoms with van der Waals surface area (Å²) in [6, 6.07) is 14.0. The second kappa shape index (κ2) is 6.42. The minimum absolute atomic E-state index is 0.262. The van der Waals surface area contributed by atoms with Gasteiger partial charge in [-0.1, -0.05) is 30.3 Å². The number of nitrogens with zero attached hydrogens (tertiary/aromatic N) is 2. The largest absolute Gasteiger partial charge is 0.490 e. The maximum absolute atomic E-state index is 10.4. The second-order valence-electron chi connectivity index (χ2n) is 5.94. The molecule has 1 unspecified atom stereocenters. The van der Waals surface area contributed by atoms with Crippen molar-refractivity contribution in [3.63, 3.8) is 0 Å². The Labute approximate surface area is 136 Å². The van der Waals surface area contributed by atoms with E-state index in [1.165, 1.54) is 0 Å². The molecule has 0 saturated carbocycles. The van der Waals surface area contributed by atoms with Gasteiger partial charge in [-0.2, -0.15) is 0 Å². The summed E-state index contributed by atoms with van der Waals surface area (Å²) in [5.74, 6) is 1.76. The molecule has 0 spiro atoms. The van der Waals surface area contributed by atoms with Gasteiger partial charge in [-0.3, -0.25) is 0 Å². The third kappa shape index (κ3) is 3.22. The Morgan fingerprint density at radius 1 is 1.04 bits per heavy atom. The summed E-state index contributed by atoms with van der Waals surface area (Å²) in [6.45, 7) is 6.72. The van der Waals surface area contributed by atoms with Crippen LogP contribution in [0.5, 0.6) is 5.75 Å². The van der Waals surface area contributed by atoms with Gasteiger partial charge < -0.3 is 14.4 Å². The Bertz CT molecular complexity index is 803. The van der Waals surface area contributed by atoms with E-state index in [4.69, 9.17) is 4.74 Å². The van der Waals surface area contributed by atoms with Crippen molar-refractivity contribution in [2.75, 3.05) is 6.61 Å². The zero-order valence-corrected chi connectivity index (χ0v) is 13.8. The average Bonchev–Trinajstić information content (AvgIpc) is 2.83. The molecule has 1 N–H and O–H groups in total. The van der Waals surface area contributed by atoms with E-state index in [1.807, 2.05) is 67.8 Å². The number of aryl methyl sites for hydroxylation is 3. The zero-order chi connectivity index (χ0) is 16.4. The standard InChI is InChI=1S/C19H22N2O2/c1-13-7-6-8-14(2)19(13)23-12-16(22)11-21-15(3)20-17-9-4-5-10-18(17)21/h4-10,16,22H,11-12H2,1-3H3. The molecule has 0 aliphatic rings. The lowest BCUT2D eigenvalue weighted by Crippen LogP contribution is -2.24. The van der Waals surface area contributed by atoms with Crippen LogP contribution in [0.4, 0.5) is 0 Å². The highest BCUT2D eigenvalue weighted by atomic mass is 16.5. The van der Waals surface area contributed by atoms with Crippen LogP contribution < -0.4 is 4.74 Å². The number of aliphatic hydroxyl groups is 1. The van der Waals surface area contributed by atoms with E-state index in [1.54, 1.807) is 0 Å². The van der Waals surface area contributed by atoms with Crippen molar-refractivity contribution in [3.8, 4) is 5.75 Å². The van der Waals surface area contributed by atoms with Crippen molar-refractivity contribution < 1.29 is 9.84 Å². The fourth-order valence-electron chi connectivity index (χ4n) is 2.90. The highest BCUT2D eigenvalue weighted by Gasteiger charge is 2.13. The molecule has 0 saturated heterocycles. The van der Waals surface area contributed by atoms with Crippen LogP contribution in [0.3, 0.4) is 0 Å². The normalized spacial score (nSPS) is 12.5. The van der Waals surface area contributed by atoms with Crippen LogP contribution in [0.1, 0.15) is 17.0 Å². The van der Waals surface area contributed by atoms with Gasteiger partial charge in [-0.05, 0) is 44.0 Å². The third-order valence-corrected chi connectivity index (χ3v) is 4.07. The molecule has 23 heavy (non-hydrogen) atoms. The van der Waals surface area contributed by atoms with Gasteiger partial charge in [-0.25, -0.2) is 4.98 Å². The Hall–Kier alpha value is -2.33. The summed E-state index contributed by atoms with van der Waals surface area (Å²) in [5, 5.41) is 10.4. The highest BCUT2D eigenvalue weighted by Crippen LogP contribution is 2.23. The maximum Gasteiger partial charge on any atom is 0.125 e. The predicted octanol–water partition coefficient (Wildman–Crippen LogP) is 3.40. The number of hydrogen-bond acceptors (Lipinski definition) is 3. The molecule has 1 heterocycles. The van der Waals surface area contributed by atoms with Crippen LogP contribution in [0.25, 0.3) is 11.0 Å². The molecule has 3 aromatic rings. The van der Waals surface area contributed by atoms with E-state index in [0.717, 1.165) is 33.7 Å². The molecule has 0 amide bonds. The average molecular weight is 310 g/mol. The first-order chi connectivity index (χ1) is 11.1. The number of fused-ring (bicyclic) bond motifs is 1. The Morgan fingerprint density at radius 2 is 1.74 bits per heavy atom. The summed E-state index contributed by atoms with van der Waals surface area (Å²) >= 11 is 0. The first-order valence-electron chi connectivity index (χ1n) is 7.85. The van der Waals surface area contributed by atoms with Gasteiger partial charge in [0.2, 0.25) is 0 Å². The van der Waals surface area contributed by atoms with Crippen LogP contribution in [0.2, 0.25) is 0 Å². The quantitative estimate of drug-likeness (QED) is 0.785. The summed E-state index contributed by atoms with van der Waals surface area (Å²) in [7, 11) is 0. The van der Waals surface area contributed by atoms with E-state index < -0.39 is 6.10 Å². The molecule has 0 aliphatic heterocycles. The molecule has 0 radical (unpaired) electrons. The number of ether oxygens (including phenoxy) is 1. The van der Waals surface area contributed by atoms with Crippen LogP contribution in [0, 0.1) is 20.8 Å². The number of aromatic nitrogens is 2. The molecule has 4 heteroatoms. The highest BCUT2D eigenvalue weighted by molar-refractivity contribution is 5.75. The first-order valence-corrected chi connectivity index (χ1v) is 7.85. The number of rotatable bonds is 5. The molecule has 3 rings (SSSR count). The topological polar surface area (TPSA) is 47.3 Å². The summed E-state index contributed by atoms with van der Waals surface area (Å²) in [5.41, 5.74) is 4.16. The molecule has 2 aromatic carbocycles. The van der Waals surface area contributed by atoms with Crippen molar-refractivity contribution in [2.45, 2.75) is 33.4 Å². The van der Waals surface area contributed by atoms with Gasteiger partial charge in [0.1, 0.15) is 24.3 Å². The monoisotopic (exact) mass is 310 g/mol. The van der Waals surface area contributed by atoms with E-state index in [2.05, 4.69) is 4.98 Å². The lowest BCUT2D eigenvalue weighted by atomic mass is 10.1. The number of imidazole rings is 1. The van der Waals surface area contributed by atoms with E-state index >= 15 is 0 Å². The lowest BCUT2D eigenvalue weighted by molar-refractivity contribution is 0.0923. The molecule has 0 fully saturated rings. The molecule has 1 atom stereocenters. The smallest absolute Gasteiger partial charge is 0.125 e. The molecule has 1 aromatic heterocycles. The summed E-state index contributed by atoms with van der Waals surface area (Å²) in [6.07, 6.45) is -0.592. The van der Waals surface area contributed by atoms with E-state index in [9.17, 15) is 5.11 Å². The predicted molar refractivity (Wildman–Crippen MR) is 91.9 cm³/mol. The number of benzene rings is 2. The maximum atomic E-state index is 10.4. The van der Waals surface area contributed by atoms with Gasteiger partial charge in [0, 0.05) is 0 Å². The number of aliphatic hydroxyl groups excluding tert-OH is 1. The van der Waals surface area contributed by atoms with Gasteiger partial charge in [0.05, 0.1) is 17.6 Å². The Balaban J connectivity index is 1.72. The van der Waals surface area contributed by atoms with E-state index in [-0.39, 0.29) is 6.61 Å². The van der Waals surface area contributed by atoms with Crippen molar-refractivity contribution in [1.82, 2.24) is 9.55 Å². The number of para-hydroxylation sites is 3. The van der Waals surface area contributed by atoms with Gasteiger partial charge >= 0.3 is 0 Å². The van der Waals surface area contributed by atoms with Crippen molar-refractivity contribution in [2.24, 2.45) is 0 Å². The van der Waals surface area contributed by atoms with Gasteiger partial charge in [0.25, 0.3) is 0 Å². The fourth-order valence-corrected chi connectivity index (χ4v) is 2.90. The molecular weight excluding hydrogens is 288 g/mol. The molecule has 0 aliphatic carbocycles. The van der Waals surface area contributed by atoms with Crippen molar-refractivity contribution in [3.05, 3.63) is 59.4 Å². The third-order valence-electron chi connectivity index (χ3n) is 4.07. The fraction of sp³-hybridized carbons (Fsp3) is 0.316. The van der Waals surface area contributed by atoms with Crippen LogP contribution in [-0.4, -0.2) is 27.4 Å². The number of hydrogen-bond donors (Lipinski definition) is 1. The van der Waals surface area contributed by atoms with Crippen LogP contribution in [-0.2, 0) is 6.54 Å². The minimum Gasteiger partial charge on any atom is -0.490 e. The van der Waals surface area contributed by atoms with Crippen LogP contribution in [0.15, 0.2) is 42.5 Å². The molecule has 4 nitrogen and oxygen atoms in total. The van der Waals surface area contributed by atoms with Crippen LogP contribution >= 0.6 is 0 Å². The summed E-state index contributed by atoms with van der Waals surface area (Å²) in [4.78, 5) is 4.52. The Kier molecular flexibility index (Phi) is 4.35. The van der Waals surface area contributed by atoms with Crippen molar-refractivity contribution >= 4 is 11.0 Å². The second-order valence-corrected chi connectivity index (χ2v) is 5.94. The molecular formula is C19H22N2O2. The minimum atomic E-state index is -0.592. The zero-order valence-electron chi connectivity index (χ0n) is 13.8. The summed E-state index contributed by atoms with van der Waals surface area (Å²) < 4.78 is 7.88. The van der Waals surface area contributed by atoms with Crippen molar-refractivity contribution in [1.29, 1.82) is 0 Å². The first kappa shape index (κ1) is 15.6. The van der Waals surface area contributed by atoms with E-state index in [0.29, 0.717) is 6.54 Å². The SMILES string of the molecule is Cc1cccc(C)c1OCC(O)Cn1c(C)nc2ccccc21. The van der Waals surface area contributed by atoms with Gasteiger partial charge in [-0.15, -0.1) is 0 Å². The van der Waals surface area contributed by atoms with Gasteiger partial charge in [0.15, 0.2) is 0 Å². The molecule has 120 valence electrons. The Morgan fingerprint density at radius 3 is 2.48 bits per heavy atom. The molecule has 0 bridgehead atoms.